The molecule has 0 saturated heterocycles. The standard InChI is InChI=1S/C14H17BrF2N4/c1-3-6-21-14(9(15)7-19-21)13(20-18)11-10(16)5-4-8(2)12(11)17/h4-5,7,13,20H,3,6,18H2,1-2H3. The van der Waals surface area contributed by atoms with Gasteiger partial charge in [-0.05, 0) is 40.9 Å². The molecular formula is C14H17BrF2N4. The van der Waals surface area contributed by atoms with Gasteiger partial charge < -0.3 is 0 Å². The molecule has 0 aliphatic heterocycles. The van der Waals surface area contributed by atoms with E-state index >= 15 is 0 Å². The van der Waals surface area contributed by atoms with Crippen molar-refractivity contribution in [2.24, 2.45) is 5.84 Å². The third-order valence-corrected chi connectivity index (χ3v) is 3.93. The van der Waals surface area contributed by atoms with Crippen molar-refractivity contribution in [2.45, 2.75) is 32.9 Å². The number of nitrogens with two attached hydrogens (primary N) is 1. The van der Waals surface area contributed by atoms with Gasteiger partial charge in [-0.2, -0.15) is 5.10 Å². The summed E-state index contributed by atoms with van der Waals surface area (Å²) in [6.45, 7) is 4.22. The Hall–Kier alpha value is -1.31. The van der Waals surface area contributed by atoms with Gasteiger partial charge in [-0.25, -0.2) is 14.2 Å². The molecular weight excluding hydrogens is 342 g/mol. The highest BCUT2D eigenvalue weighted by Crippen LogP contribution is 2.32. The minimum Gasteiger partial charge on any atom is -0.271 e. The van der Waals surface area contributed by atoms with Gasteiger partial charge in [0.15, 0.2) is 0 Å². The van der Waals surface area contributed by atoms with E-state index in [-0.39, 0.29) is 5.56 Å². The zero-order valence-electron chi connectivity index (χ0n) is 11.8. The van der Waals surface area contributed by atoms with Gasteiger partial charge in [0.25, 0.3) is 0 Å². The molecule has 0 radical (unpaired) electrons. The van der Waals surface area contributed by atoms with Gasteiger partial charge in [0, 0.05) is 12.1 Å². The second-order valence-electron chi connectivity index (χ2n) is 4.79. The summed E-state index contributed by atoms with van der Waals surface area (Å²) in [5, 5.41) is 4.21. The molecule has 1 aromatic heterocycles. The number of hydrogen-bond donors (Lipinski definition) is 2. The molecule has 0 fully saturated rings. The Balaban J connectivity index is 2.60. The number of halogens is 3. The van der Waals surface area contributed by atoms with Crippen molar-refractivity contribution in [1.82, 2.24) is 15.2 Å². The van der Waals surface area contributed by atoms with E-state index in [1.807, 2.05) is 6.92 Å². The van der Waals surface area contributed by atoms with Crippen LogP contribution >= 0.6 is 15.9 Å². The van der Waals surface area contributed by atoms with Crippen LogP contribution in [0.4, 0.5) is 8.78 Å². The average molecular weight is 359 g/mol. The number of nitrogens with one attached hydrogen (secondary N) is 1. The van der Waals surface area contributed by atoms with Crippen molar-refractivity contribution in [2.75, 3.05) is 0 Å². The molecule has 1 aromatic carbocycles. The van der Waals surface area contributed by atoms with Crippen molar-refractivity contribution < 1.29 is 8.78 Å². The van der Waals surface area contributed by atoms with Gasteiger partial charge in [0.05, 0.1) is 22.4 Å². The van der Waals surface area contributed by atoms with Gasteiger partial charge >= 0.3 is 0 Å². The minimum absolute atomic E-state index is 0.101. The number of nitrogens with zero attached hydrogens (tertiary/aromatic N) is 2. The number of hydrogen-bond acceptors (Lipinski definition) is 3. The summed E-state index contributed by atoms with van der Waals surface area (Å²) >= 11 is 3.37. The molecule has 4 nitrogen and oxygen atoms in total. The SMILES string of the molecule is CCCn1ncc(Br)c1C(NN)c1c(F)ccc(C)c1F. The summed E-state index contributed by atoms with van der Waals surface area (Å²) in [4.78, 5) is 0. The fraction of sp³-hybridized carbons (Fsp3) is 0.357. The van der Waals surface area contributed by atoms with Crippen LogP contribution in [-0.2, 0) is 6.54 Å². The van der Waals surface area contributed by atoms with E-state index in [0.29, 0.717) is 22.3 Å². The first-order valence-corrected chi connectivity index (χ1v) is 7.42. The summed E-state index contributed by atoms with van der Waals surface area (Å²) in [5.74, 6) is 4.33. The third kappa shape index (κ3) is 3.00. The Bertz CT molecular complexity index is 642. The number of aryl methyl sites for hydroxylation is 2. The molecule has 2 rings (SSSR count). The van der Waals surface area contributed by atoms with E-state index in [1.54, 1.807) is 17.8 Å². The maximum atomic E-state index is 14.4. The van der Waals surface area contributed by atoms with E-state index in [9.17, 15) is 8.78 Å². The highest BCUT2D eigenvalue weighted by molar-refractivity contribution is 9.10. The van der Waals surface area contributed by atoms with Crippen molar-refractivity contribution in [3.63, 3.8) is 0 Å². The molecule has 1 heterocycles. The van der Waals surface area contributed by atoms with E-state index in [2.05, 4.69) is 26.5 Å². The van der Waals surface area contributed by atoms with Crippen LogP contribution in [0.3, 0.4) is 0 Å². The number of hydrazine groups is 1. The summed E-state index contributed by atoms with van der Waals surface area (Å²) in [5.41, 5.74) is 3.36. The molecule has 0 spiro atoms. The van der Waals surface area contributed by atoms with Crippen LogP contribution in [0.1, 0.15) is 36.2 Å². The lowest BCUT2D eigenvalue weighted by Gasteiger charge is -2.20. The lowest BCUT2D eigenvalue weighted by atomic mass is 10.00. The van der Waals surface area contributed by atoms with Gasteiger partial charge in [-0.3, -0.25) is 10.5 Å². The smallest absolute Gasteiger partial charge is 0.134 e. The van der Waals surface area contributed by atoms with Gasteiger partial charge in [-0.1, -0.05) is 13.0 Å². The molecule has 0 saturated carbocycles. The molecule has 114 valence electrons. The van der Waals surface area contributed by atoms with Crippen LogP contribution in [0, 0.1) is 18.6 Å². The second kappa shape index (κ2) is 6.64. The zero-order chi connectivity index (χ0) is 15.6. The molecule has 0 aliphatic carbocycles. The first kappa shape index (κ1) is 16.1. The van der Waals surface area contributed by atoms with Crippen LogP contribution in [0.15, 0.2) is 22.8 Å². The van der Waals surface area contributed by atoms with Gasteiger partial charge in [0.2, 0.25) is 0 Å². The van der Waals surface area contributed by atoms with Gasteiger partial charge in [0.1, 0.15) is 11.6 Å². The first-order valence-electron chi connectivity index (χ1n) is 6.63. The topological polar surface area (TPSA) is 55.9 Å². The zero-order valence-corrected chi connectivity index (χ0v) is 13.4. The maximum absolute atomic E-state index is 14.4. The molecule has 3 N–H and O–H groups in total. The van der Waals surface area contributed by atoms with Crippen molar-refractivity contribution in [1.29, 1.82) is 0 Å². The highest BCUT2D eigenvalue weighted by atomic mass is 79.9. The number of benzene rings is 1. The number of rotatable bonds is 5. The Kier molecular flexibility index (Phi) is 5.08. The minimum atomic E-state index is -0.826. The Morgan fingerprint density at radius 1 is 1.43 bits per heavy atom. The molecule has 7 heteroatoms. The predicted octanol–water partition coefficient (Wildman–Crippen LogP) is 3.19. The molecule has 2 aromatic rings. The largest absolute Gasteiger partial charge is 0.271 e. The predicted molar refractivity (Wildman–Crippen MR) is 80.5 cm³/mol. The fourth-order valence-electron chi connectivity index (χ4n) is 2.29. The molecule has 0 amide bonds. The summed E-state index contributed by atoms with van der Waals surface area (Å²) < 4.78 is 30.8. The van der Waals surface area contributed by atoms with E-state index < -0.39 is 17.7 Å². The van der Waals surface area contributed by atoms with Crippen LogP contribution in [0.25, 0.3) is 0 Å². The van der Waals surface area contributed by atoms with Crippen LogP contribution in [0.2, 0.25) is 0 Å². The van der Waals surface area contributed by atoms with Crippen LogP contribution < -0.4 is 11.3 Å². The van der Waals surface area contributed by atoms with Crippen molar-refractivity contribution in [3.05, 3.63) is 51.3 Å². The van der Waals surface area contributed by atoms with Crippen LogP contribution in [-0.4, -0.2) is 9.78 Å². The molecule has 0 bridgehead atoms. The Labute approximate surface area is 130 Å². The fourth-order valence-corrected chi connectivity index (χ4v) is 2.82. The van der Waals surface area contributed by atoms with E-state index in [1.165, 1.54) is 12.1 Å². The van der Waals surface area contributed by atoms with Crippen molar-refractivity contribution in [3.8, 4) is 0 Å². The molecule has 21 heavy (non-hydrogen) atoms. The van der Waals surface area contributed by atoms with E-state index in [4.69, 9.17) is 5.84 Å². The molecule has 1 unspecified atom stereocenters. The van der Waals surface area contributed by atoms with Crippen molar-refractivity contribution >= 4 is 15.9 Å². The normalized spacial score (nSPS) is 12.7. The third-order valence-electron chi connectivity index (χ3n) is 3.32. The highest BCUT2D eigenvalue weighted by Gasteiger charge is 2.27. The number of aromatic nitrogens is 2. The monoisotopic (exact) mass is 358 g/mol. The lowest BCUT2D eigenvalue weighted by Crippen LogP contribution is -2.32. The summed E-state index contributed by atoms with van der Waals surface area (Å²) in [6, 6.07) is 1.82. The van der Waals surface area contributed by atoms with Gasteiger partial charge in [-0.15, -0.1) is 0 Å². The Morgan fingerprint density at radius 2 is 2.14 bits per heavy atom. The average Bonchev–Trinajstić information content (AvgIpc) is 2.81. The quantitative estimate of drug-likeness (QED) is 0.637. The first-order chi connectivity index (χ1) is 10.0. The summed E-state index contributed by atoms with van der Waals surface area (Å²) in [7, 11) is 0. The van der Waals surface area contributed by atoms with E-state index in [0.717, 1.165) is 6.42 Å². The van der Waals surface area contributed by atoms with Crippen LogP contribution in [0.5, 0.6) is 0 Å². The Morgan fingerprint density at radius 3 is 2.76 bits per heavy atom. The molecule has 1 atom stereocenters. The lowest BCUT2D eigenvalue weighted by molar-refractivity contribution is 0.473. The maximum Gasteiger partial charge on any atom is 0.134 e. The summed E-state index contributed by atoms with van der Waals surface area (Å²) in [6.07, 6.45) is 2.44. The second-order valence-corrected chi connectivity index (χ2v) is 5.65. The molecule has 0 aliphatic rings.